The number of hydrogen-bond donors (Lipinski definition) is 1. The lowest BCUT2D eigenvalue weighted by atomic mass is 9.89. The molecule has 1 fully saturated rings. The lowest BCUT2D eigenvalue weighted by molar-refractivity contribution is -0.905. The predicted octanol–water partition coefficient (Wildman–Crippen LogP) is 3.00. The average Bonchev–Trinajstić information content (AvgIpc) is 3.69. The fourth-order valence-electron chi connectivity index (χ4n) is 5.68. The third-order valence-electron chi connectivity index (χ3n) is 7.59. The Balaban J connectivity index is 0.00000141. The topological polar surface area (TPSA) is 144 Å². The summed E-state index contributed by atoms with van der Waals surface area (Å²) >= 11 is 0. The minimum absolute atomic E-state index is 0.0199. The predicted molar refractivity (Wildman–Crippen MR) is 150 cm³/mol. The second kappa shape index (κ2) is 12.4. The Morgan fingerprint density at radius 2 is 1.93 bits per heavy atom. The van der Waals surface area contributed by atoms with Gasteiger partial charge in [0.2, 0.25) is 5.95 Å². The number of rotatable bonds is 7. The monoisotopic (exact) mass is 612 g/mol. The molecule has 44 heavy (non-hydrogen) atoms. The fourth-order valence-corrected chi connectivity index (χ4v) is 5.68. The third kappa shape index (κ3) is 6.52. The van der Waals surface area contributed by atoms with Crippen molar-refractivity contribution < 1.29 is 37.1 Å². The van der Waals surface area contributed by atoms with E-state index in [9.17, 15) is 28.0 Å². The van der Waals surface area contributed by atoms with Gasteiger partial charge in [-0.1, -0.05) is 12.1 Å². The van der Waals surface area contributed by atoms with Crippen LogP contribution in [-0.4, -0.2) is 59.4 Å². The molecule has 1 N–H and O–H groups in total. The number of aromatic nitrogens is 3. The second-order valence-corrected chi connectivity index (χ2v) is 11.3. The first-order chi connectivity index (χ1) is 20.8. The number of esters is 1. The van der Waals surface area contributed by atoms with Gasteiger partial charge >= 0.3 is 17.8 Å². The summed E-state index contributed by atoms with van der Waals surface area (Å²) in [5.74, 6) is -0.101. The van der Waals surface area contributed by atoms with Crippen molar-refractivity contribution in [2.24, 2.45) is 5.92 Å². The Morgan fingerprint density at radius 3 is 2.52 bits per heavy atom. The molecule has 0 radical (unpaired) electrons. The van der Waals surface area contributed by atoms with Gasteiger partial charge in [0.15, 0.2) is 0 Å². The molecule has 5 rings (SSSR count). The maximum absolute atomic E-state index is 13.6. The summed E-state index contributed by atoms with van der Waals surface area (Å²) in [6.45, 7) is 2.53. The molecule has 1 aromatic heterocycles. The molecular formula is C30H31F3N6O5. The number of halogens is 3. The van der Waals surface area contributed by atoms with Crippen LogP contribution in [0.4, 0.5) is 24.8 Å². The highest BCUT2D eigenvalue weighted by Gasteiger charge is 2.42. The van der Waals surface area contributed by atoms with E-state index in [1.54, 1.807) is 25.1 Å². The number of ether oxygens (including phenoxy) is 1. The van der Waals surface area contributed by atoms with Crippen molar-refractivity contribution >= 4 is 24.1 Å². The number of anilines is 2. The van der Waals surface area contributed by atoms with Crippen LogP contribution in [0.2, 0.25) is 0 Å². The maximum Gasteiger partial charge on any atom is 0.416 e. The number of methoxy groups -OCH3 is 1. The first kappa shape index (κ1) is 32.0. The Hall–Kier alpha value is -4.90. The molecule has 0 unspecified atom stereocenters. The maximum atomic E-state index is 13.6. The summed E-state index contributed by atoms with van der Waals surface area (Å²) in [5.41, 5.74) is 0.641. The summed E-state index contributed by atoms with van der Waals surface area (Å²) in [4.78, 5) is 36.3. The van der Waals surface area contributed by atoms with E-state index in [2.05, 4.69) is 30.4 Å². The highest BCUT2D eigenvalue weighted by atomic mass is 19.4. The number of hydrogen-bond acceptors (Lipinski definition) is 8. The first-order valence-electron chi connectivity index (χ1n) is 13.6. The summed E-state index contributed by atoms with van der Waals surface area (Å²) in [5, 5.41) is 24.5. The molecular weight excluding hydrogens is 581 g/mol. The van der Waals surface area contributed by atoms with Crippen LogP contribution in [-0.2, 0) is 27.0 Å². The van der Waals surface area contributed by atoms with E-state index < -0.39 is 35.9 Å². The SMILES string of the molecule is COC(=O)C1=C(C)N(c2cccc(C(F)(F)F)c2)c2n[nH]c(=O)n2[C@@H]1c1ccc(C#N)cc1C[N+](C)(C)CC1CC1.O=C[O-]. The van der Waals surface area contributed by atoms with Crippen molar-refractivity contribution in [2.75, 3.05) is 32.6 Å². The van der Waals surface area contributed by atoms with Gasteiger partial charge in [-0.05, 0) is 55.7 Å². The van der Waals surface area contributed by atoms with Crippen LogP contribution in [0.3, 0.4) is 0 Å². The number of quaternary nitrogens is 1. The van der Waals surface area contributed by atoms with Crippen molar-refractivity contribution in [3.8, 4) is 6.07 Å². The van der Waals surface area contributed by atoms with Gasteiger partial charge in [0.1, 0.15) is 12.6 Å². The van der Waals surface area contributed by atoms with Gasteiger partial charge in [0, 0.05) is 29.3 Å². The minimum Gasteiger partial charge on any atom is -0.554 e. The van der Waals surface area contributed by atoms with Crippen LogP contribution in [0.25, 0.3) is 0 Å². The number of aromatic amines is 1. The zero-order valence-corrected chi connectivity index (χ0v) is 24.5. The van der Waals surface area contributed by atoms with Crippen LogP contribution in [0.5, 0.6) is 0 Å². The standard InChI is InChI=1S/C29H29F3N6O3.CH2O2/c1-17-24(26(39)41-4)25(23-11-10-19(14-33)12-20(23)16-38(2,3)15-18-8-9-18)37-27(34-35-28(37)40)36(17)22-7-5-6-21(13-22)29(30,31)32;2-1-3/h5-7,10-13,18,25H,8-9,15-16H2,1-4H3;1H,(H,2,3)/t25-;/m1./s1. The molecule has 2 aliphatic rings. The van der Waals surface area contributed by atoms with E-state index in [0.29, 0.717) is 28.1 Å². The lowest BCUT2D eigenvalue weighted by Gasteiger charge is -2.37. The molecule has 3 aromatic rings. The minimum atomic E-state index is -4.61. The molecule has 1 aliphatic heterocycles. The number of carboxylic acid groups (broad SMARTS) is 1. The van der Waals surface area contributed by atoms with Crippen molar-refractivity contribution in [1.82, 2.24) is 14.8 Å². The molecule has 0 bridgehead atoms. The van der Waals surface area contributed by atoms with Gasteiger partial charge in [-0.2, -0.15) is 18.4 Å². The van der Waals surface area contributed by atoms with E-state index in [1.165, 1.54) is 41.6 Å². The van der Waals surface area contributed by atoms with E-state index in [4.69, 9.17) is 14.6 Å². The van der Waals surface area contributed by atoms with E-state index in [1.807, 2.05) is 0 Å². The molecule has 232 valence electrons. The van der Waals surface area contributed by atoms with Crippen LogP contribution < -0.4 is 15.7 Å². The number of alkyl halides is 3. The largest absolute Gasteiger partial charge is 0.554 e. The number of allylic oxidation sites excluding steroid dienone is 1. The summed E-state index contributed by atoms with van der Waals surface area (Å²) in [6.07, 6.45) is -2.27. The van der Waals surface area contributed by atoms with Crippen molar-refractivity contribution in [3.05, 3.63) is 86.5 Å². The van der Waals surface area contributed by atoms with Gasteiger partial charge in [0.25, 0.3) is 0 Å². The van der Waals surface area contributed by atoms with Crippen LogP contribution in [0.1, 0.15) is 48.1 Å². The van der Waals surface area contributed by atoms with Crippen molar-refractivity contribution in [2.45, 2.75) is 38.5 Å². The highest BCUT2D eigenvalue weighted by molar-refractivity contribution is 5.93. The molecule has 1 atom stereocenters. The number of benzene rings is 2. The normalized spacial score (nSPS) is 16.4. The van der Waals surface area contributed by atoms with Crippen molar-refractivity contribution in [3.63, 3.8) is 0 Å². The zero-order chi connectivity index (χ0) is 32.4. The molecule has 1 saturated carbocycles. The molecule has 2 heterocycles. The molecule has 0 amide bonds. The smallest absolute Gasteiger partial charge is 0.416 e. The zero-order valence-electron chi connectivity index (χ0n) is 24.5. The number of nitrogens with zero attached hydrogens (tertiary/aromatic N) is 5. The van der Waals surface area contributed by atoms with E-state index >= 15 is 0 Å². The number of nitriles is 1. The first-order valence-corrected chi connectivity index (χ1v) is 13.6. The molecule has 1 aliphatic carbocycles. The van der Waals surface area contributed by atoms with Crippen molar-refractivity contribution in [1.29, 1.82) is 5.26 Å². The molecule has 0 spiro atoms. The Morgan fingerprint density at radius 1 is 1.25 bits per heavy atom. The van der Waals surface area contributed by atoms with Gasteiger partial charge in [-0.3, -0.25) is 4.90 Å². The van der Waals surface area contributed by atoms with Gasteiger partial charge in [-0.25, -0.2) is 19.3 Å². The molecule has 11 nitrogen and oxygen atoms in total. The fraction of sp³-hybridized carbons (Fsp3) is 0.367. The molecule has 14 heteroatoms. The Labute approximate surface area is 251 Å². The summed E-state index contributed by atoms with van der Waals surface area (Å²) in [6, 6.07) is 10.8. The average molecular weight is 613 g/mol. The third-order valence-corrected chi connectivity index (χ3v) is 7.59. The van der Waals surface area contributed by atoms with Crippen LogP contribution >= 0.6 is 0 Å². The van der Waals surface area contributed by atoms with Gasteiger partial charge in [-0.15, -0.1) is 5.10 Å². The van der Waals surface area contributed by atoms with Gasteiger partial charge < -0.3 is 19.1 Å². The van der Waals surface area contributed by atoms with E-state index in [-0.39, 0.29) is 22.9 Å². The highest BCUT2D eigenvalue weighted by Crippen LogP contribution is 2.44. The number of carbonyl (C=O) groups excluding carboxylic acids is 2. The van der Waals surface area contributed by atoms with Crippen LogP contribution in [0, 0.1) is 17.2 Å². The molecule has 0 saturated heterocycles. The quantitative estimate of drug-likeness (QED) is 0.244. The lowest BCUT2D eigenvalue weighted by Crippen LogP contribution is -2.42. The van der Waals surface area contributed by atoms with Crippen LogP contribution in [0.15, 0.2) is 58.5 Å². The Bertz CT molecular complexity index is 1700. The number of fused-ring (bicyclic) bond motifs is 1. The summed E-state index contributed by atoms with van der Waals surface area (Å²) in [7, 11) is 5.39. The summed E-state index contributed by atoms with van der Waals surface area (Å²) < 4.78 is 47.8. The number of carbonyl (C=O) groups is 2. The molecule has 2 aromatic carbocycles. The van der Waals surface area contributed by atoms with E-state index in [0.717, 1.165) is 24.2 Å². The Kier molecular flexibility index (Phi) is 9.01. The van der Waals surface area contributed by atoms with Gasteiger partial charge in [0.05, 0.1) is 50.5 Å². The number of H-pyrrole nitrogens is 1. The second-order valence-electron chi connectivity index (χ2n) is 11.3. The number of nitrogens with one attached hydrogen (secondary N) is 1.